The molecule has 3 aromatic rings. The molecule has 0 atom stereocenters. The van der Waals surface area contributed by atoms with Crippen LogP contribution in [0.15, 0.2) is 18.3 Å². The van der Waals surface area contributed by atoms with E-state index in [2.05, 4.69) is 20.5 Å². The molecule has 0 unspecified atom stereocenters. The van der Waals surface area contributed by atoms with Gasteiger partial charge in [-0.3, -0.25) is 9.78 Å². The molecule has 0 aliphatic carbocycles. The number of nitrogens with two attached hydrogens (primary N) is 1. The summed E-state index contributed by atoms with van der Waals surface area (Å²) in [7, 11) is 0. The Hall–Kier alpha value is -2.68. The van der Waals surface area contributed by atoms with Gasteiger partial charge in [0, 0.05) is 25.1 Å². The first-order valence-electron chi connectivity index (χ1n) is 7.81. The normalized spacial score (nSPS) is 11.7. The Labute approximate surface area is 152 Å². The number of aryl methyl sites for hydroxylation is 2. The molecule has 3 N–H and O–H groups in total. The highest BCUT2D eigenvalue weighted by Gasteiger charge is 2.25. The number of anilines is 1. The molecule has 3 heterocycles. The number of nitrogen functional groups attached to an aromatic ring is 1. The molecule has 0 fully saturated rings. The smallest absolute Gasteiger partial charge is 0.286 e. The first-order chi connectivity index (χ1) is 12.2. The van der Waals surface area contributed by atoms with Crippen LogP contribution in [0.2, 0.25) is 0 Å². The van der Waals surface area contributed by atoms with E-state index in [9.17, 15) is 13.6 Å². The van der Waals surface area contributed by atoms with Crippen molar-refractivity contribution >= 4 is 33.1 Å². The van der Waals surface area contributed by atoms with Crippen LogP contribution in [-0.2, 0) is 12.5 Å². The summed E-state index contributed by atoms with van der Waals surface area (Å²) in [6, 6.07) is 2.75. The number of nitrogens with zero attached hydrogens (tertiary/aromatic N) is 3. The minimum absolute atomic E-state index is 0.152. The number of rotatable bonds is 4. The van der Waals surface area contributed by atoms with E-state index in [1.807, 2.05) is 13.8 Å². The second-order valence-electron chi connectivity index (χ2n) is 6.06. The van der Waals surface area contributed by atoms with Crippen LogP contribution < -0.4 is 11.1 Å². The van der Waals surface area contributed by atoms with Crippen LogP contribution in [0.25, 0.3) is 10.2 Å². The predicted molar refractivity (Wildman–Crippen MR) is 96.3 cm³/mol. The van der Waals surface area contributed by atoms with Crippen LogP contribution in [0.4, 0.5) is 14.5 Å². The fourth-order valence-electron chi connectivity index (χ4n) is 2.46. The Kier molecular flexibility index (Phi) is 4.57. The van der Waals surface area contributed by atoms with Crippen molar-refractivity contribution in [1.82, 2.24) is 20.5 Å². The van der Waals surface area contributed by atoms with E-state index in [1.54, 1.807) is 0 Å². The number of hydrogen-bond donors (Lipinski definition) is 2. The van der Waals surface area contributed by atoms with Crippen LogP contribution in [-0.4, -0.2) is 21.1 Å². The summed E-state index contributed by atoms with van der Waals surface area (Å²) < 4.78 is 26.3. The molecule has 9 heteroatoms. The predicted octanol–water partition coefficient (Wildman–Crippen LogP) is 3.33. The van der Waals surface area contributed by atoms with Crippen LogP contribution in [0.3, 0.4) is 0 Å². The molecular formula is C17H17F2N5OS. The van der Waals surface area contributed by atoms with Crippen molar-refractivity contribution in [2.24, 2.45) is 0 Å². The van der Waals surface area contributed by atoms with Gasteiger partial charge in [0.15, 0.2) is 0 Å². The maximum absolute atomic E-state index is 13.2. The molecule has 136 valence electrons. The van der Waals surface area contributed by atoms with Crippen molar-refractivity contribution in [1.29, 1.82) is 0 Å². The third kappa shape index (κ3) is 3.34. The summed E-state index contributed by atoms with van der Waals surface area (Å²) in [6.07, 6.45) is 1.32. The minimum Gasteiger partial charge on any atom is -0.397 e. The highest BCUT2D eigenvalue weighted by molar-refractivity contribution is 7.21. The van der Waals surface area contributed by atoms with E-state index in [4.69, 9.17) is 5.73 Å². The van der Waals surface area contributed by atoms with Gasteiger partial charge in [-0.2, -0.15) is 13.9 Å². The van der Waals surface area contributed by atoms with Crippen molar-refractivity contribution in [2.45, 2.75) is 33.2 Å². The molecule has 1 amide bonds. The minimum atomic E-state index is -3.00. The van der Waals surface area contributed by atoms with E-state index in [0.717, 1.165) is 23.6 Å². The second-order valence-corrected chi connectivity index (χ2v) is 7.06. The van der Waals surface area contributed by atoms with E-state index in [0.29, 0.717) is 21.0 Å². The van der Waals surface area contributed by atoms with E-state index in [1.165, 1.54) is 29.7 Å². The number of carbonyl (C=O) groups is 1. The molecule has 0 aliphatic rings. The summed E-state index contributed by atoms with van der Waals surface area (Å²) in [6.45, 7) is 4.65. The lowest BCUT2D eigenvalue weighted by atomic mass is 10.1. The number of nitrogens with one attached hydrogen (secondary N) is 1. The molecule has 26 heavy (non-hydrogen) atoms. The zero-order chi connectivity index (χ0) is 19.1. The van der Waals surface area contributed by atoms with Gasteiger partial charge in [-0.1, -0.05) is 6.07 Å². The van der Waals surface area contributed by atoms with E-state index >= 15 is 0 Å². The Balaban J connectivity index is 1.78. The number of carbonyl (C=O) groups excluding carboxylic acids is 1. The molecule has 3 rings (SSSR count). The molecule has 0 saturated heterocycles. The Morgan fingerprint density at radius 1 is 1.31 bits per heavy atom. The van der Waals surface area contributed by atoms with Crippen LogP contribution in [0, 0.1) is 13.8 Å². The van der Waals surface area contributed by atoms with Gasteiger partial charge in [-0.05, 0) is 31.0 Å². The summed E-state index contributed by atoms with van der Waals surface area (Å²) >= 11 is 1.17. The SMILES string of the molecule is Cc1nnc2sc(C(=O)NCc3ccc(C(C)(F)F)nc3)c(N)c2c1C. The topological polar surface area (TPSA) is 93.8 Å². The third-order valence-corrected chi connectivity index (χ3v) is 5.16. The Morgan fingerprint density at radius 2 is 2.04 bits per heavy atom. The average molecular weight is 377 g/mol. The molecule has 6 nitrogen and oxygen atoms in total. The summed E-state index contributed by atoms with van der Waals surface area (Å²) in [5.74, 6) is -3.35. The first kappa shape index (κ1) is 18.1. The molecule has 0 spiro atoms. The Bertz CT molecular complexity index is 979. The second kappa shape index (κ2) is 6.56. The molecule has 0 bridgehead atoms. The van der Waals surface area contributed by atoms with Crippen LogP contribution in [0.1, 0.15) is 39.1 Å². The quantitative estimate of drug-likeness (QED) is 0.727. The van der Waals surface area contributed by atoms with Crippen molar-refractivity contribution in [3.63, 3.8) is 0 Å². The molecule has 0 aliphatic heterocycles. The molecule has 3 aromatic heterocycles. The van der Waals surface area contributed by atoms with E-state index < -0.39 is 5.92 Å². The number of alkyl halides is 2. The number of fused-ring (bicyclic) bond motifs is 1. The van der Waals surface area contributed by atoms with Crippen molar-refractivity contribution in [2.75, 3.05) is 5.73 Å². The molecule has 0 aromatic carbocycles. The van der Waals surface area contributed by atoms with E-state index in [-0.39, 0.29) is 18.1 Å². The van der Waals surface area contributed by atoms with Gasteiger partial charge in [0.05, 0.1) is 11.4 Å². The number of thiophene rings is 1. The largest absolute Gasteiger partial charge is 0.397 e. The number of pyridine rings is 1. The standard InChI is InChI=1S/C17H17F2N5OS/c1-8-9(2)23-24-16-12(8)13(20)14(26-16)15(25)22-7-10-4-5-11(21-6-10)17(3,18)19/h4-6H,7,20H2,1-3H3,(H,22,25). The van der Waals surface area contributed by atoms with Gasteiger partial charge in [0.25, 0.3) is 11.8 Å². The summed E-state index contributed by atoms with van der Waals surface area (Å²) in [4.78, 5) is 17.2. The number of halogens is 2. The van der Waals surface area contributed by atoms with Gasteiger partial charge >= 0.3 is 0 Å². The van der Waals surface area contributed by atoms with Gasteiger partial charge in [-0.15, -0.1) is 16.4 Å². The summed E-state index contributed by atoms with van der Waals surface area (Å²) in [5.41, 5.74) is 8.45. The molecule has 0 saturated carbocycles. The van der Waals surface area contributed by atoms with Crippen molar-refractivity contribution < 1.29 is 13.6 Å². The monoisotopic (exact) mass is 377 g/mol. The highest BCUT2D eigenvalue weighted by atomic mass is 32.1. The lowest BCUT2D eigenvalue weighted by Gasteiger charge is -2.10. The van der Waals surface area contributed by atoms with Crippen molar-refractivity contribution in [3.05, 3.63) is 45.7 Å². The maximum atomic E-state index is 13.2. The molecule has 0 radical (unpaired) electrons. The number of aromatic nitrogens is 3. The number of amides is 1. The average Bonchev–Trinajstić information content (AvgIpc) is 2.93. The lowest BCUT2D eigenvalue weighted by molar-refractivity contribution is 0.0127. The fourth-order valence-corrected chi connectivity index (χ4v) is 3.48. The van der Waals surface area contributed by atoms with Gasteiger partial charge in [-0.25, -0.2) is 0 Å². The zero-order valence-electron chi connectivity index (χ0n) is 14.4. The zero-order valence-corrected chi connectivity index (χ0v) is 15.2. The molecular weight excluding hydrogens is 360 g/mol. The number of hydrogen-bond acceptors (Lipinski definition) is 6. The maximum Gasteiger partial charge on any atom is 0.286 e. The van der Waals surface area contributed by atoms with Gasteiger partial charge < -0.3 is 11.1 Å². The summed E-state index contributed by atoms with van der Waals surface area (Å²) in [5, 5.41) is 11.6. The van der Waals surface area contributed by atoms with Gasteiger partial charge in [0.1, 0.15) is 15.4 Å². The van der Waals surface area contributed by atoms with Crippen molar-refractivity contribution in [3.8, 4) is 0 Å². The van der Waals surface area contributed by atoms with Crippen LogP contribution >= 0.6 is 11.3 Å². The highest BCUT2D eigenvalue weighted by Crippen LogP contribution is 2.34. The third-order valence-electron chi connectivity index (χ3n) is 4.07. The Morgan fingerprint density at radius 3 is 2.65 bits per heavy atom. The lowest BCUT2D eigenvalue weighted by Crippen LogP contribution is -2.23. The van der Waals surface area contributed by atoms with Crippen LogP contribution in [0.5, 0.6) is 0 Å². The first-order valence-corrected chi connectivity index (χ1v) is 8.63. The van der Waals surface area contributed by atoms with Gasteiger partial charge in [0.2, 0.25) is 0 Å². The fraction of sp³-hybridized carbons (Fsp3) is 0.294.